The fourth-order valence-electron chi connectivity index (χ4n) is 11.0. The highest BCUT2D eigenvalue weighted by atomic mass is 16.4. The summed E-state index contributed by atoms with van der Waals surface area (Å²) in [7, 11) is 0. The molecule has 8 aromatic carbocycles. The maximum atomic E-state index is 7.38. The number of aryl methyl sites for hydroxylation is 1. The average molecular weight is 926 g/mol. The quantitative estimate of drug-likeness (QED) is 0.155. The van der Waals surface area contributed by atoms with Crippen molar-refractivity contribution in [3.63, 3.8) is 0 Å². The molecule has 350 valence electrons. The molecule has 6 heteroatoms. The van der Waals surface area contributed by atoms with E-state index in [0.717, 1.165) is 95.6 Å². The molecule has 0 unspecified atom stereocenters. The predicted molar refractivity (Wildman–Crippen MR) is 301 cm³/mol. The van der Waals surface area contributed by atoms with Crippen LogP contribution in [0.2, 0.25) is 0 Å². The van der Waals surface area contributed by atoms with Crippen LogP contribution >= 0.6 is 0 Å². The Hall–Kier alpha value is -7.70. The lowest BCUT2D eigenvalue weighted by Crippen LogP contribution is -2.60. The highest BCUT2D eigenvalue weighted by molar-refractivity contribution is 7.01. The Morgan fingerprint density at radius 1 is 0.423 bits per heavy atom. The van der Waals surface area contributed by atoms with E-state index in [2.05, 4.69) is 266 Å². The van der Waals surface area contributed by atoms with E-state index in [0.29, 0.717) is 0 Å². The summed E-state index contributed by atoms with van der Waals surface area (Å²) in [6.45, 7) is 22.4. The molecular formula is C65H60BN3O2. The molecule has 0 atom stereocenters. The van der Waals surface area contributed by atoms with Gasteiger partial charge in [0.1, 0.15) is 11.2 Å². The first kappa shape index (κ1) is 44.5. The topological polar surface area (TPSA) is 36.0 Å². The van der Waals surface area contributed by atoms with E-state index in [9.17, 15) is 0 Å². The average Bonchev–Trinajstić information content (AvgIpc) is 3.93. The molecule has 0 aliphatic carbocycles. The van der Waals surface area contributed by atoms with Crippen LogP contribution in [0.1, 0.15) is 84.6 Å². The summed E-state index contributed by atoms with van der Waals surface area (Å²) in [5.74, 6) is 0.810. The number of fused-ring (bicyclic) bond motifs is 8. The van der Waals surface area contributed by atoms with Crippen molar-refractivity contribution in [3.8, 4) is 11.1 Å². The summed E-state index contributed by atoms with van der Waals surface area (Å²) >= 11 is 0. The number of nitrogens with zero attached hydrogens (tertiary/aromatic N) is 3. The van der Waals surface area contributed by atoms with Crippen molar-refractivity contribution >= 4 is 96.6 Å². The van der Waals surface area contributed by atoms with E-state index in [1.807, 2.05) is 0 Å². The molecule has 71 heavy (non-hydrogen) atoms. The highest BCUT2D eigenvalue weighted by Crippen LogP contribution is 2.50. The Balaban J connectivity index is 1.09. The zero-order chi connectivity index (χ0) is 49.1. The van der Waals surface area contributed by atoms with Crippen LogP contribution in [0.25, 0.3) is 33.1 Å². The minimum atomic E-state index is -0.263. The van der Waals surface area contributed by atoms with Crippen molar-refractivity contribution in [1.82, 2.24) is 0 Å². The molecule has 2 aliphatic heterocycles. The van der Waals surface area contributed by atoms with E-state index in [1.165, 1.54) is 27.7 Å². The second kappa shape index (κ2) is 16.2. The number of rotatable bonds is 6. The third-order valence-corrected chi connectivity index (χ3v) is 14.8. The van der Waals surface area contributed by atoms with Gasteiger partial charge in [-0.1, -0.05) is 159 Å². The van der Waals surface area contributed by atoms with E-state index in [4.69, 9.17) is 8.83 Å². The lowest BCUT2D eigenvalue weighted by molar-refractivity contribution is 0.590. The summed E-state index contributed by atoms with van der Waals surface area (Å²) in [6.07, 6.45) is 0. The Morgan fingerprint density at radius 3 is 1.58 bits per heavy atom. The first-order chi connectivity index (χ1) is 34.0. The molecule has 4 heterocycles. The molecule has 0 fully saturated rings. The summed E-state index contributed by atoms with van der Waals surface area (Å²) in [6, 6.07) is 66.8. The van der Waals surface area contributed by atoms with Gasteiger partial charge in [0, 0.05) is 56.0 Å². The monoisotopic (exact) mass is 925 g/mol. The van der Waals surface area contributed by atoms with E-state index in [-0.39, 0.29) is 23.0 Å². The van der Waals surface area contributed by atoms with Crippen LogP contribution in [0.15, 0.2) is 191 Å². The summed E-state index contributed by atoms with van der Waals surface area (Å²) in [5.41, 5.74) is 21.0. The van der Waals surface area contributed by atoms with Gasteiger partial charge in [-0.05, 0) is 147 Å². The van der Waals surface area contributed by atoms with Crippen LogP contribution in [0.5, 0.6) is 0 Å². The first-order valence-corrected chi connectivity index (χ1v) is 25.1. The van der Waals surface area contributed by atoms with Crippen LogP contribution < -0.4 is 31.3 Å². The first-order valence-electron chi connectivity index (χ1n) is 25.1. The van der Waals surface area contributed by atoms with Crippen LogP contribution in [-0.2, 0) is 16.2 Å². The highest BCUT2D eigenvalue weighted by Gasteiger charge is 2.49. The van der Waals surface area contributed by atoms with Crippen LogP contribution in [0.3, 0.4) is 0 Å². The van der Waals surface area contributed by atoms with Gasteiger partial charge in [-0.15, -0.1) is 0 Å². The van der Waals surface area contributed by atoms with Crippen molar-refractivity contribution in [2.45, 2.75) is 85.5 Å². The lowest BCUT2D eigenvalue weighted by atomic mass is 9.35. The number of furan rings is 2. The van der Waals surface area contributed by atoms with Gasteiger partial charge in [0.25, 0.3) is 0 Å². The lowest BCUT2D eigenvalue weighted by Gasteiger charge is -2.41. The SMILES string of the molecule is Cc1cc2c3c(c1)N(c1ccccc1)c1c(oc4ccc(N(c5ccc(C(C)(C)C)cc5)c5ccc(C(C)(C)C)cc5)cc14)B3c1c(oc3ccccc13)N2c1cccc(-c2ccc(C(C)(C)C)cc2)c1. The standard InChI is InChI=1S/C65H60BN3O2/c1-41-37-54-59-55(38-41)69(50-20-16-17-43(39-50)42-23-25-44(26-24-42)63(2,3)4)62-58(52-21-14-15-22-56(52)71-62)66(59)61-60(68(54)47-18-12-11-13-19-47)53-40-51(35-36-57(53)70-61)67(48-31-27-45(28-32-48)64(5,6)7)49-33-29-46(30-34-49)65(8,9)10/h11-40H,1-10H3. The Bertz CT molecular complexity index is 3600. The maximum Gasteiger partial charge on any atom is 0.302 e. The maximum absolute atomic E-state index is 7.38. The fourth-order valence-corrected chi connectivity index (χ4v) is 11.0. The molecule has 0 saturated heterocycles. The fraction of sp³-hybridized carbons (Fsp3) is 0.200. The Labute approximate surface area is 419 Å². The van der Waals surface area contributed by atoms with Gasteiger partial charge < -0.3 is 18.6 Å². The molecular weight excluding hydrogens is 866 g/mol. The van der Waals surface area contributed by atoms with E-state index in [1.54, 1.807) is 0 Å². The summed E-state index contributed by atoms with van der Waals surface area (Å²) in [5, 5.41) is 2.12. The minimum absolute atomic E-state index is 0.0289. The van der Waals surface area contributed by atoms with E-state index >= 15 is 0 Å². The van der Waals surface area contributed by atoms with Crippen LogP contribution in [0, 0.1) is 6.92 Å². The molecule has 0 amide bonds. The molecule has 0 bridgehead atoms. The number of anilines is 9. The van der Waals surface area contributed by atoms with Gasteiger partial charge in [-0.2, -0.15) is 0 Å². The van der Waals surface area contributed by atoms with Gasteiger partial charge in [0.2, 0.25) is 5.88 Å². The van der Waals surface area contributed by atoms with Crippen molar-refractivity contribution in [1.29, 1.82) is 0 Å². The molecule has 0 spiro atoms. The molecule has 10 aromatic rings. The second-order valence-electron chi connectivity index (χ2n) is 22.8. The minimum Gasteiger partial charge on any atom is -0.468 e. The molecule has 0 radical (unpaired) electrons. The number of hydrogen-bond acceptors (Lipinski definition) is 5. The van der Waals surface area contributed by atoms with Crippen LogP contribution in [0.4, 0.5) is 51.4 Å². The number of hydrogen-bond donors (Lipinski definition) is 0. The van der Waals surface area contributed by atoms with Crippen molar-refractivity contribution in [2.75, 3.05) is 14.7 Å². The third-order valence-electron chi connectivity index (χ3n) is 14.8. The number of benzene rings is 8. The Morgan fingerprint density at radius 2 is 0.958 bits per heavy atom. The molecule has 0 saturated carbocycles. The summed E-state index contributed by atoms with van der Waals surface area (Å²) < 4.78 is 14.5. The normalized spacial score (nSPS) is 13.4. The van der Waals surface area contributed by atoms with Crippen LogP contribution in [-0.4, -0.2) is 6.71 Å². The summed E-state index contributed by atoms with van der Waals surface area (Å²) in [4.78, 5) is 7.19. The van der Waals surface area contributed by atoms with E-state index < -0.39 is 0 Å². The zero-order valence-electron chi connectivity index (χ0n) is 42.6. The van der Waals surface area contributed by atoms with Crippen molar-refractivity contribution in [3.05, 3.63) is 204 Å². The smallest absolute Gasteiger partial charge is 0.302 e. The van der Waals surface area contributed by atoms with Crippen molar-refractivity contribution < 1.29 is 8.83 Å². The molecule has 2 aromatic heterocycles. The number of para-hydroxylation sites is 2. The third kappa shape index (κ3) is 7.46. The largest absolute Gasteiger partial charge is 0.468 e. The van der Waals surface area contributed by atoms with Gasteiger partial charge in [-0.25, -0.2) is 0 Å². The van der Waals surface area contributed by atoms with Gasteiger partial charge in [0.05, 0.1) is 11.3 Å². The molecule has 12 rings (SSSR count). The molecule has 0 N–H and O–H groups in total. The van der Waals surface area contributed by atoms with Gasteiger partial charge in [-0.3, -0.25) is 4.90 Å². The zero-order valence-corrected chi connectivity index (χ0v) is 42.6. The Kier molecular flexibility index (Phi) is 10.1. The second-order valence-corrected chi connectivity index (χ2v) is 22.8. The predicted octanol–water partition coefficient (Wildman–Crippen LogP) is 16.6. The molecule has 2 aliphatic rings. The van der Waals surface area contributed by atoms with Crippen molar-refractivity contribution in [2.24, 2.45) is 0 Å². The molecule has 5 nitrogen and oxygen atoms in total. The van der Waals surface area contributed by atoms with Gasteiger partial charge in [0.15, 0.2) is 0 Å². The van der Waals surface area contributed by atoms with Gasteiger partial charge >= 0.3 is 6.71 Å².